The van der Waals surface area contributed by atoms with Crippen LogP contribution in [0.1, 0.15) is 36.8 Å². The molecule has 1 aromatic carbocycles. The van der Waals surface area contributed by atoms with Crippen molar-refractivity contribution >= 4 is 12.2 Å². The second-order valence-corrected chi connectivity index (χ2v) is 5.50. The van der Waals surface area contributed by atoms with Crippen molar-refractivity contribution in [3.63, 3.8) is 0 Å². The van der Waals surface area contributed by atoms with Crippen LogP contribution in [0.5, 0.6) is 17.2 Å². The van der Waals surface area contributed by atoms with Crippen molar-refractivity contribution in [2.75, 3.05) is 21.3 Å². The number of methoxy groups -OCH3 is 3. The van der Waals surface area contributed by atoms with E-state index in [2.05, 4.69) is 9.97 Å². The molecule has 0 radical (unpaired) electrons. The molecule has 6 nitrogen and oxygen atoms in total. The Labute approximate surface area is 141 Å². The van der Waals surface area contributed by atoms with Gasteiger partial charge in [0, 0.05) is 12.0 Å². The summed E-state index contributed by atoms with van der Waals surface area (Å²) in [6.07, 6.45) is 3.62. The SMILES string of the molecule is COc1cc(/C=C/c2cc(=O)[nH]c(C(C)C)n2)cc(OC)c1OC. The van der Waals surface area contributed by atoms with Gasteiger partial charge in [0.2, 0.25) is 5.75 Å². The number of ether oxygens (including phenoxy) is 3. The van der Waals surface area contributed by atoms with Crippen molar-refractivity contribution in [1.29, 1.82) is 0 Å². The predicted octanol–water partition coefficient (Wildman–Crippen LogP) is 3.09. The molecular formula is C18H22N2O4. The molecule has 0 saturated heterocycles. The van der Waals surface area contributed by atoms with Gasteiger partial charge in [-0.1, -0.05) is 19.9 Å². The second-order valence-electron chi connectivity index (χ2n) is 5.50. The normalized spacial score (nSPS) is 11.1. The van der Waals surface area contributed by atoms with Gasteiger partial charge in [0.25, 0.3) is 5.56 Å². The van der Waals surface area contributed by atoms with Crippen molar-refractivity contribution < 1.29 is 14.2 Å². The van der Waals surface area contributed by atoms with Gasteiger partial charge in [-0.15, -0.1) is 0 Å². The molecule has 0 bridgehead atoms. The van der Waals surface area contributed by atoms with E-state index in [4.69, 9.17) is 14.2 Å². The second kappa shape index (κ2) is 7.68. The number of benzene rings is 1. The molecule has 2 rings (SSSR count). The van der Waals surface area contributed by atoms with Crippen LogP contribution in [0.4, 0.5) is 0 Å². The van der Waals surface area contributed by atoms with Gasteiger partial charge in [-0.3, -0.25) is 4.79 Å². The van der Waals surface area contributed by atoms with Gasteiger partial charge in [0.1, 0.15) is 5.82 Å². The lowest BCUT2D eigenvalue weighted by Gasteiger charge is -2.12. The predicted molar refractivity (Wildman–Crippen MR) is 94.0 cm³/mol. The summed E-state index contributed by atoms with van der Waals surface area (Å²) in [4.78, 5) is 18.9. The topological polar surface area (TPSA) is 73.4 Å². The van der Waals surface area contributed by atoms with Crippen LogP contribution in [0, 0.1) is 0 Å². The number of hydrogen-bond donors (Lipinski definition) is 1. The minimum absolute atomic E-state index is 0.146. The van der Waals surface area contributed by atoms with Crippen LogP contribution in [0.3, 0.4) is 0 Å². The molecule has 0 spiro atoms. The highest BCUT2D eigenvalue weighted by atomic mass is 16.5. The lowest BCUT2D eigenvalue weighted by Crippen LogP contribution is -2.12. The van der Waals surface area contributed by atoms with Crippen LogP contribution >= 0.6 is 0 Å². The quantitative estimate of drug-likeness (QED) is 0.881. The summed E-state index contributed by atoms with van der Waals surface area (Å²) < 4.78 is 16.0. The molecule has 2 aromatic rings. The molecule has 0 saturated carbocycles. The van der Waals surface area contributed by atoms with E-state index >= 15 is 0 Å². The van der Waals surface area contributed by atoms with Crippen LogP contribution in [0.25, 0.3) is 12.2 Å². The van der Waals surface area contributed by atoms with Gasteiger partial charge >= 0.3 is 0 Å². The number of rotatable bonds is 6. The molecule has 1 heterocycles. The van der Waals surface area contributed by atoms with Crippen LogP contribution in [-0.2, 0) is 0 Å². The van der Waals surface area contributed by atoms with Crippen molar-refractivity contribution in [1.82, 2.24) is 9.97 Å². The van der Waals surface area contributed by atoms with Crippen molar-refractivity contribution in [3.8, 4) is 17.2 Å². The maximum atomic E-state index is 11.7. The fourth-order valence-corrected chi connectivity index (χ4v) is 2.23. The summed E-state index contributed by atoms with van der Waals surface area (Å²) in [7, 11) is 4.69. The van der Waals surface area contributed by atoms with Gasteiger partial charge in [0.15, 0.2) is 11.5 Å². The Bertz CT molecular complexity index is 769. The Morgan fingerprint density at radius 2 is 1.62 bits per heavy atom. The summed E-state index contributed by atoms with van der Waals surface area (Å²) in [5.74, 6) is 2.48. The van der Waals surface area contributed by atoms with Crippen molar-refractivity contribution in [3.05, 3.63) is 45.6 Å². The van der Waals surface area contributed by atoms with Gasteiger partial charge in [-0.25, -0.2) is 4.98 Å². The molecule has 0 aliphatic heterocycles. The Morgan fingerprint density at radius 1 is 1.00 bits per heavy atom. The highest BCUT2D eigenvalue weighted by Gasteiger charge is 2.12. The smallest absolute Gasteiger partial charge is 0.251 e. The van der Waals surface area contributed by atoms with Gasteiger partial charge < -0.3 is 19.2 Å². The van der Waals surface area contributed by atoms with Crippen LogP contribution in [-0.4, -0.2) is 31.3 Å². The summed E-state index contributed by atoms with van der Waals surface area (Å²) in [5, 5.41) is 0. The lowest BCUT2D eigenvalue weighted by atomic mass is 10.1. The van der Waals surface area contributed by atoms with E-state index in [-0.39, 0.29) is 11.5 Å². The molecule has 6 heteroatoms. The molecule has 0 amide bonds. The van der Waals surface area contributed by atoms with Crippen molar-refractivity contribution in [2.24, 2.45) is 0 Å². The Balaban J connectivity index is 2.40. The number of nitrogens with one attached hydrogen (secondary N) is 1. The van der Waals surface area contributed by atoms with E-state index in [0.29, 0.717) is 28.8 Å². The van der Waals surface area contributed by atoms with E-state index in [1.807, 2.05) is 32.1 Å². The third-order valence-electron chi connectivity index (χ3n) is 3.46. The van der Waals surface area contributed by atoms with Gasteiger partial charge in [-0.2, -0.15) is 0 Å². The number of hydrogen-bond acceptors (Lipinski definition) is 5. The first-order valence-electron chi connectivity index (χ1n) is 7.57. The summed E-state index contributed by atoms with van der Waals surface area (Å²) >= 11 is 0. The maximum Gasteiger partial charge on any atom is 0.251 e. The Morgan fingerprint density at radius 3 is 2.12 bits per heavy atom. The third kappa shape index (κ3) is 3.95. The summed E-state index contributed by atoms with van der Waals surface area (Å²) in [6, 6.07) is 5.11. The molecule has 0 aliphatic carbocycles. The standard InChI is InChI=1S/C18H22N2O4/c1-11(2)18-19-13(10-16(21)20-18)7-6-12-8-14(22-3)17(24-5)15(9-12)23-4/h6-11H,1-5H3,(H,19,20,21)/b7-6+. The summed E-state index contributed by atoms with van der Waals surface area (Å²) in [6.45, 7) is 3.95. The largest absolute Gasteiger partial charge is 0.493 e. The lowest BCUT2D eigenvalue weighted by molar-refractivity contribution is 0.324. The fourth-order valence-electron chi connectivity index (χ4n) is 2.23. The molecule has 24 heavy (non-hydrogen) atoms. The zero-order chi connectivity index (χ0) is 17.7. The number of H-pyrrole nitrogens is 1. The highest BCUT2D eigenvalue weighted by molar-refractivity contribution is 5.71. The van der Waals surface area contributed by atoms with E-state index in [9.17, 15) is 4.79 Å². The average Bonchev–Trinajstić information content (AvgIpc) is 2.58. The van der Waals surface area contributed by atoms with E-state index < -0.39 is 0 Å². The highest BCUT2D eigenvalue weighted by Crippen LogP contribution is 2.38. The van der Waals surface area contributed by atoms with Gasteiger partial charge in [-0.05, 0) is 23.8 Å². The maximum absolute atomic E-state index is 11.7. The van der Waals surface area contributed by atoms with Crippen molar-refractivity contribution in [2.45, 2.75) is 19.8 Å². The number of aromatic nitrogens is 2. The number of nitrogens with zero attached hydrogens (tertiary/aromatic N) is 1. The molecule has 1 aromatic heterocycles. The first-order chi connectivity index (χ1) is 11.5. The molecule has 1 N–H and O–H groups in total. The first-order valence-corrected chi connectivity index (χ1v) is 7.57. The summed E-state index contributed by atoms with van der Waals surface area (Å²) in [5.41, 5.74) is 1.27. The van der Waals surface area contributed by atoms with Crippen LogP contribution in [0.15, 0.2) is 23.0 Å². The van der Waals surface area contributed by atoms with Gasteiger partial charge in [0.05, 0.1) is 27.0 Å². The Hall–Kier alpha value is -2.76. The van der Waals surface area contributed by atoms with E-state index in [1.165, 1.54) is 6.07 Å². The first kappa shape index (κ1) is 17.6. The molecule has 128 valence electrons. The molecule has 0 atom stereocenters. The van der Waals surface area contributed by atoms with E-state index in [1.54, 1.807) is 27.4 Å². The molecule has 0 unspecified atom stereocenters. The van der Waals surface area contributed by atoms with E-state index in [0.717, 1.165) is 5.56 Å². The molecule has 0 aliphatic rings. The Kier molecular flexibility index (Phi) is 5.63. The zero-order valence-electron chi connectivity index (χ0n) is 14.5. The average molecular weight is 330 g/mol. The fraction of sp³-hybridized carbons (Fsp3) is 0.333. The minimum Gasteiger partial charge on any atom is -0.493 e. The monoisotopic (exact) mass is 330 g/mol. The minimum atomic E-state index is -0.168. The molecular weight excluding hydrogens is 308 g/mol. The van der Waals surface area contributed by atoms with Crippen LogP contribution in [0.2, 0.25) is 0 Å². The molecule has 0 fully saturated rings. The zero-order valence-corrected chi connectivity index (χ0v) is 14.5. The third-order valence-corrected chi connectivity index (χ3v) is 3.46. The number of aromatic amines is 1. The van der Waals surface area contributed by atoms with Crippen LogP contribution < -0.4 is 19.8 Å².